The summed E-state index contributed by atoms with van der Waals surface area (Å²) in [6.45, 7) is 0.974. The van der Waals surface area contributed by atoms with E-state index in [1.54, 1.807) is 47.4 Å². The van der Waals surface area contributed by atoms with Gasteiger partial charge in [0.1, 0.15) is 0 Å². The van der Waals surface area contributed by atoms with Gasteiger partial charge >= 0.3 is 0 Å². The number of fused-ring (bicyclic) bond motifs is 1. The molecule has 0 atom stereocenters. The first-order chi connectivity index (χ1) is 16.3. The smallest absolute Gasteiger partial charge is 0.270 e. The van der Waals surface area contributed by atoms with Crippen molar-refractivity contribution < 1.29 is 17.9 Å². The van der Waals surface area contributed by atoms with Crippen molar-refractivity contribution in [3.05, 3.63) is 82.8 Å². The van der Waals surface area contributed by atoms with Crippen molar-refractivity contribution in [2.45, 2.75) is 4.34 Å². The number of benzene rings is 2. The van der Waals surface area contributed by atoms with Gasteiger partial charge < -0.3 is 10.1 Å². The molecule has 0 spiro atoms. The van der Waals surface area contributed by atoms with Crippen LogP contribution < -0.4 is 4.73 Å². The van der Waals surface area contributed by atoms with E-state index in [0.29, 0.717) is 38.6 Å². The Hall–Kier alpha value is -3.05. The Morgan fingerprint density at radius 2 is 1.62 bits per heavy atom. The van der Waals surface area contributed by atoms with Crippen molar-refractivity contribution in [3.63, 3.8) is 0 Å². The van der Waals surface area contributed by atoms with Crippen LogP contribution in [0.4, 0.5) is 0 Å². The largest absolute Gasteiger partial charge is 0.619 e. The molecule has 1 amide bonds. The SMILES string of the molecule is O=C(c1ccc(-c2cc[n+]([O-])cc2)cc1)N1CCN(S(=O)(=O)c2nc3ccc(Cl)cc3s2)CC1. The van der Waals surface area contributed by atoms with E-state index in [1.165, 1.54) is 16.7 Å². The lowest BCUT2D eigenvalue weighted by Crippen LogP contribution is -2.50. The fourth-order valence-corrected chi connectivity index (χ4v) is 6.88. The molecule has 0 unspecified atom stereocenters. The zero-order valence-corrected chi connectivity index (χ0v) is 20.2. The molecule has 174 valence electrons. The number of piperazine rings is 1. The lowest BCUT2D eigenvalue weighted by Gasteiger charge is -2.33. The average Bonchev–Trinajstić information content (AvgIpc) is 3.28. The van der Waals surface area contributed by atoms with E-state index in [-0.39, 0.29) is 23.3 Å². The first kappa shape index (κ1) is 22.7. The molecule has 0 aliphatic carbocycles. The molecule has 34 heavy (non-hydrogen) atoms. The zero-order chi connectivity index (χ0) is 23.9. The molecule has 4 aromatic rings. The van der Waals surface area contributed by atoms with Crippen LogP contribution in [0, 0.1) is 5.21 Å². The summed E-state index contributed by atoms with van der Waals surface area (Å²) in [5, 5.41) is 11.7. The van der Waals surface area contributed by atoms with E-state index in [0.717, 1.165) is 22.5 Å². The normalized spacial score (nSPS) is 15.0. The van der Waals surface area contributed by atoms with Crippen molar-refractivity contribution in [3.8, 4) is 11.1 Å². The summed E-state index contributed by atoms with van der Waals surface area (Å²) in [6, 6.07) is 15.7. The summed E-state index contributed by atoms with van der Waals surface area (Å²) in [5.41, 5.74) is 2.89. The molecule has 0 N–H and O–H groups in total. The minimum absolute atomic E-state index is 0.0311. The van der Waals surface area contributed by atoms with Crippen molar-refractivity contribution in [2.24, 2.45) is 0 Å². The summed E-state index contributed by atoms with van der Waals surface area (Å²) in [5.74, 6) is -0.149. The molecule has 1 fully saturated rings. The van der Waals surface area contributed by atoms with Gasteiger partial charge in [-0.25, -0.2) is 13.4 Å². The summed E-state index contributed by atoms with van der Waals surface area (Å²) in [4.78, 5) is 18.9. The predicted molar refractivity (Wildman–Crippen MR) is 130 cm³/mol. The lowest BCUT2D eigenvalue weighted by atomic mass is 10.0. The molecule has 1 aliphatic rings. The Labute approximate surface area is 205 Å². The highest BCUT2D eigenvalue weighted by Crippen LogP contribution is 2.30. The number of thiazole rings is 1. The topological polar surface area (TPSA) is 97.5 Å². The third-order valence-electron chi connectivity index (χ3n) is 5.68. The molecule has 8 nitrogen and oxygen atoms in total. The Bertz CT molecular complexity index is 1460. The Morgan fingerprint density at radius 1 is 0.971 bits per heavy atom. The molecule has 0 bridgehead atoms. The van der Waals surface area contributed by atoms with Crippen LogP contribution in [0.25, 0.3) is 21.3 Å². The standard InChI is InChI=1S/C23H19ClN4O4S2/c24-19-5-6-20-21(15-19)33-23(25-20)34(31,32)28-13-11-26(12-14-28)22(29)18-3-1-16(2-4-18)17-7-9-27(30)10-8-17/h1-10,15H,11-14H2. The second-order valence-corrected chi connectivity index (χ2v) is 11.4. The maximum absolute atomic E-state index is 13.1. The molecule has 11 heteroatoms. The first-order valence-electron chi connectivity index (χ1n) is 10.5. The van der Waals surface area contributed by atoms with Gasteiger partial charge in [-0.2, -0.15) is 9.04 Å². The summed E-state index contributed by atoms with van der Waals surface area (Å²) in [7, 11) is -3.75. The molecule has 2 aromatic carbocycles. The van der Waals surface area contributed by atoms with Gasteiger partial charge in [-0.3, -0.25) is 4.79 Å². The zero-order valence-electron chi connectivity index (χ0n) is 17.8. The number of amides is 1. The number of carbonyl (C=O) groups is 1. The third kappa shape index (κ3) is 4.37. The van der Waals surface area contributed by atoms with Crippen LogP contribution in [0.5, 0.6) is 0 Å². The van der Waals surface area contributed by atoms with Crippen molar-refractivity contribution in [1.29, 1.82) is 0 Å². The Kier molecular flexibility index (Phi) is 5.98. The number of sulfonamides is 1. The minimum Gasteiger partial charge on any atom is -0.619 e. The molecule has 2 aromatic heterocycles. The van der Waals surface area contributed by atoms with Gasteiger partial charge in [0.25, 0.3) is 15.9 Å². The number of rotatable bonds is 4. The van der Waals surface area contributed by atoms with Crippen LogP contribution in [-0.4, -0.2) is 54.7 Å². The van der Waals surface area contributed by atoms with Crippen LogP contribution >= 0.6 is 22.9 Å². The number of hydrogen-bond acceptors (Lipinski definition) is 6. The van der Waals surface area contributed by atoms with Crippen LogP contribution in [-0.2, 0) is 10.0 Å². The highest BCUT2D eigenvalue weighted by Gasteiger charge is 2.32. The van der Waals surface area contributed by atoms with E-state index in [9.17, 15) is 18.4 Å². The van der Waals surface area contributed by atoms with Crippen molar-refractivity contribution >= 4 is 49.1 Å². The fourth-order valence-electron chi connectivity index (χ4n) is 3.82. The van der Waals surface area contributed by atoms with Crippen LogP contribution in [0.15, 0.2) is 71.3 Å². The molecule has 1 saturated heterocycles. The van der Waals surface area contributed by atoms with Gasteiger partial charge in [0.2, 0.25) is 4.34 Å². The van der Waals surface area contributed by atoms with E-state index in [1.807, 2.05) is 12.1 Å². The van der Waals surface area contributed by atoms with E-state index < -0.39 is 10.0 Å². The van der Waals surface area contributed by atoms with Gasteiger partial charge in [0, 0.05) is 48.9 Å². The molecular formula is C23H19ClN4O4S2. The van der Waals surface area contributed by atoms with Crippen LogP contribution in [0.3, 0.4) is 0 Å². The van der Waals surface area contributed by atoms with Gasteiger partial charge in [-0.05, 0) is 41.5 Å². The van der Waals surface area contributed by atoms with Gasteiger partial charge in [0.05, 0.1) is 10.2 Å². The third-order valence-corrected chi connectivity index (χ3v) is 9.19. The van der Waals surface area contributed by atoms with Gasteiger partial charge in [-0.1, -0.05) is 23.7 Å². The second-order valence-electron chi connectivity index (χ2n) is 7.81. The summed E-state index contributed by atoms with van der Waals surface area (Å²) in [6.07, 6.45) is 2.84. The van der Waals surface area contributed by atoms with Crippen LogP contribution in [0.2, 0.25) is 5.02 Å². The number of aromatic nitrogens is 2. The highest BCUT2D eigenvalue weighted by molar-refractivity contribution is 7.91. The fraction of sp³-hybridized carbons (Fsp3) is 0.174. The maximum atomic E-state index is 13.1. The Morgan fingerprint density at radius 3 is 2.29 bits per heavy atom. The van der Waals surface area contributed by atoms with E-state index >= 15 is 0 Å². The summed E-state index contributed by atoms with van der Waals surface area (Å²) < 4.78 is 29.0. The van der Waals surface area contributed by atoms with E-state index in [2.05, 4.69) is 4.98 Å². The first-order valence-corrected chi connectivity index (χ1v) is 13.1. The number of halogens is 1. The predicted octanol–water partition coefficient (Wildman–Crippen LogP) is 3.40. The average molecular weight is 515 g/mol. The van der Waals surface area contributed by atoms with Crippen molar-refractivity contribution in [1.82, 2.24) is 14.2 Å². The van der Waals surface area contributed by atoms with E-state index in [4.69, 9.17) is 11.6 Å². The second kappa shape index (κ2) is 8.95. The van der Waals surface area contributed by atoms with Gasteiger partial charge in [0.15, 0.2) is 12.4 Å². The molecule has 5 rings (SSSR count). The highest BCUT2D eigenvalue weighted by atomic mass is 35.5. The number of nitrogens with zero attached hydrogens (tertiary/aromatic N) is 4. The van der Waals surface area contributed by atoms with Crippen LogP contribution in [0.1, 0.15) is 10.4 Å². The number of pyridine rings is 1. The molecular weight excluding hydrogens is 496 g/mol. The molecule has 1 aliphatic heterocycles. The quantitative estimate of drug-likeness (QED) is 0.307. The summed E-state index contributed by atoms with van der Waals surface area (Å²) >= 11 is 7.09. The Balaban J connectivity index is 1.26. The number of carbonyl (C=O) groups excluding carboxylic acids is 1. The number of hydrogen-bond donors (Lipinski definition) is 0. The van der Waals surface area contributed by atoms with Gasteiger partial charge in [-0.15, -0.1) is 11.3 Å². The molecule has 0 saturated carbocycles. The molecule has 0 radical (unpaired) electrons. The monoisotopic (exact) mass is 514 g/mol. The molecule has 3 heterocycles. The maximum Gasteiger partial charge on any atom is 0.270 e. The lowest BCUT2D eigenvalue weighted by molar-refractivity contribution is -0.605. The van der Waals surface area contributed by atoms with Crippen molar-refractivity contribution in [2.75, 3.05) is 26.2 Å². The minimum atomic E-state index is -3.75.